The van der Waals surface area contributed by atoms with Gasteiger partial charge in [-0.1, -0.05) is 56.3 Å². The van der Waals surface area contributed by atoms with Gasteiger partial charge < -0.3 is 20.3 Å². The molecule has 1 aliphatic rings. The lowest BCUT2D eigenvalue weighted by Crippen LogP contribution is -2.48. The van der Waals surface area contributed by atoms with Crippen LogP contribution in [-0.4, -0.2) is 48.9 Å². The Kier molecular flexibility index (Phi) is 7.19. The molecule has 0 spiro atoms. The first kappa shape index (κ1) is 21.5. The average molecular weight is 409 g/mol. The van der Waals surface area contributed by atoms with Crippen LogP contribution >= 0.6 is 0 Å². The largest absolute Gasteiger partial charge is 0.370 e. The van der Waals surface area contributed by atoms with Crippen LogP contribution in [0.1, 0.15) is 37.0 Å². The molecule has 3 rings (SSSR count). The molecule has 7 heteroatoms. The maximum absolute atomic E-state index is 12.5. The van der Waals surface area contributed by atoms with Crippen molar-refractivity contribution in [2.24, 2.45) is 0 Å². The molecule has 2 N–H and O–H groups in total. The molecule has 1 saturated heterocycles. The van der Waals surface area contributed by atoms with Crippen LogP contribution in [0.3, 0.4) is 0 Å². The summed E-state index contributed by atoms with van der Waals surface area (Å²) < 4.78 is 5.75. The van der Waals surface area contributed by atoms with Crippen LogP contribution in [0.5, 0.6) is 0 Å². The molecule has 2 aromatic carbocycles. The van der Waals surface area contributed by atoms with Crippen LogP contribution in [0.4, 0.5) is 5.69 Å². The number of nitrogens with zero attached hydrogens (tertiary/aromatic N) is 1. The van der Waals surface area contributed by atoms with Crippen molar-refractivity contribution in [3.63, 3.8) is 0 Å². The van der Waals surface area contributed by atoms with Gasteiger partial charge in [0, 0.05) is 12.2 Å². The van der Waals surface area contributed by atoms with Crippen LogP contribution in [0.2, 0.25) is 0 Å². The number of anilines is 1. The predicted octanol–water partition coefficient (Wildman–Crippen LogP) is 2.46. The summed E-state index contributed by atoms with van der Waals surface area (Å²) in [5, 5.41) is 4.94. The molecule has 0 radical (unpaired) electrons. The molecule has 0 unspecified atom stereocenters. The Balaban J connectivity index is 1.47. The molecule has 3 amide bonds. The second kappa shape index (κ2) is 10.0. The zero-order chi connectivity index (χ0) is 21.5. The molecule has 1 fully saturated rings. The highest BCUT2D eigenvalue weighted by Crippen LogP contribution is 2.22. The number of rotatable bonds is 5. The third-order valence-electron chi connectivity index (χ3n) is 5.03. The minimum absolute atomic E-state index is 0.197. The number of amides is 3. The van der Waals surface area contributed by atoms with Gasteiger partial charge in [0.15, 0.2) is 0 Å². The molecule has 0 bridgehead atoms. The Bertz CT molecular complexity index is 881. The predicted molar refractivity (Wildman–Crippen MR) is 114 cm³/mol. The average Bonchev–Trinajstić information content (AvgIpc) is 2.78. The van der Waals surface area contributed by atoms with Crippen LogP contribution in [-0.2, 0) is 19.1 Å². The first-order valence-corrected chi connectivity index (χ1v) is 10.1. The summed E-state index contributed by atoms with van der Waals surface area (Å²) in [6, 6.07) is 17.0. The van der Waals surface area contributed by atoms with Crippen molar-refractivity contribution in [1.82, 2.24) is 10.2 Å². The molecule has 2 aromatic rings. The SMILES string of the molecule is CC(C)c1ccc(NC(=O)C(=O)NCC(=O)N2CCO[C@@H](c3ccccc3)C2)cc1. The number of morpholine rings is 1. The lowest BCUT2D eigenvalue weighted by atomic mass is 10.0. The highest BCUT2D eigenvalue weighted by Gasteiger charge is 2.26. The molecule has 1 heterocycles. The Morgan fingerprint density at radius 2 is 1.73 bits per heavy atom. The van der Waals surface area contributed by atoms with E-state index in [1.165, 1.54) is 0 Å². The first-order chi connectivity index (χ1) is 14.4. The Morgan fingerprint density at radius 1 is 1.03 bits per heavy atom. The summed E-state index contributed by atoms with van der Waals surface area (Å²) in [7, 11) is 0. The molecule has 1 atom stereocenters. The summed E-state index contributed by atoms with van der Waals surface area (Å²) in [6.07, 6.45) is -0.197. The van der Waals surface area contributed by atoms with Crippen molar-refractivity contribution in [3.8, 4) is 0 Å². The van der Waals surface area contributed by atoms with Crippen molar-refractivity contribution in [1.29, 1.82) is 0 Å². The number of ether oxygens (including phenoxy) is 1. The van der Waals surface area contributed by atoms with E-state index in [1.807, 2.05) is 42.5 Å². The molecular formula is C23H27N3O4. The molecule has 7 nitrogen and oxygen atoms in total. The van der Waals surface area contributed by atoms with Gasteiger partial charge in [-0.15, -0.1) is 0 Å². The third kappa shape index (κ3) is 5.67. The van der Waals surface area contributed by atoms with Gasteiger partial charge in [-0.05, 0) is 29.2 Å². The minimum Gasteiger partial charge on any atom is -0.370 e. The summed E-state index contributed by atoms with van der Waals surface area (Å²) in [5.74, 6) is -1.51. The van der Waals surface area contributed by atoms with Gasteiger partial charge in [-0.2, -0.15) is 0 Å². The molecular weight excluding hydrogens is 382 g/mol. The Hall–Kier alpha value is -3.19. The minimum atomic E-state index is -0.843. The molecule has 30 heavy (non-hydrogen) atoms. The standard InChI is InChI=1S/C23H27N3O4/c1-16(2)17-8-10-19(11-9-17)25-23(29)22(28)24-14-21(27)26-12-13-30-20(15-26)18-6-4-3-5-7-18/h3-11,16,20H,12-15H2,1-2H3,(H,24,28)(H,25,29)/t20-/m1/s1. The number of hydrogen-bond acceptors (Lipinski definition) is 4. The highest BCUT2D eigenvalue weighted by molar-refractivity contribution is 6.39. The topological polar surface area (TPSA) is 87.7 Å². The molecule has 0 aromatic heterocycles. The highest BCUT2D eigenvalue weighted by atomic mass is 16.5. The second-order valence-corrected chi connectivity index (χ2v) is 7.52. The van der Waals surface area contributed by atoms with E-state index in [9.17, 15) is 14.4 Å². The van der Waals surface area contributed by atoms with Crippen LogP contribution in [0.25, 0.3) is 0 Å². The van der Waals surface area contributed by atoms with Gasteiger partial charge in [0.05, 0.1) is 19.7 Å². The van der Waals surface area contributed by atoms with E-state index in [4.69, 9.17) is 4.74 Å². The monoisotopic (exact) mass is 409 g/mol. The van der Waals surface area contributed by atoms with Crippen molar-refractivity contribution >= 4 is 23.4 Å². The van der Waals surface area contributed by atoms with Crippen LogP contribution < -0.4 is 10.6 Å². The normalized spacial score (nSPS) is 16.2. The van der Waals surface area contributed by atoms with Crippen molar-refractivity contribution < 1.29 is 19.1 Å². The summed E-state index contributed by atoms with van der Waals surface area (Å²) >= 11 is 0. The van der Waals surface area contributed by atoms with E-state index < -0.39 is 11.8 Å². The van der Waals surface area contributed by atoms with Gasteiger partial charge in [0.1, 0.15) is 6.10 Å². The molecule has 1 aliphatic heterocycles. The first-order valence-electron chi connectivity index (χ1n) is 10.1. The van der Waals surface area contributed by atoms with Gasteiger partial charge in [0.2, 0.25) is 5.91 Å². The lowest BCUT2D eigenvalue weighted by molar-refractivity contribution is -0.141. The van der Waals surface area contributed by atoms with E-state index in [2.05, 4.69) is 24.5 Å². The van der Waals surface area contributed by atoms with E-state index in [1.54, 1.807) is 17.0 Å². The fourth-order valence-corrected chi connectivity index (χ4v) is 3.23. The van der Waals surface area contributed by atoms with Crippen LogP contribution in [0, 0.1) is 0 Å². The zero-order valence-corrected chi connectivity index (χ0v) is 17.3. The smallest absolute Gasteiger partial charge is 0.313 e. The van der Waals surface area contributed by atoms with E-state index >= 15 is 0 Å². The lowest BCUT2D eigenvalue weighted by Gasteiger charge is -2.33. The Labute approximate surface area is 176 Å². The Morgan fingerprint density at radius 3 is 2.40 bits per heavy atom. The van der Waals surface area contributed by atoms with E-state index in [0.717, 1.165) is 11.1 Å². The van der Waals surface area contributed by atoms with E-state index in [-0.39, 0.29) is 18.6 Å². The summed E-state index contributed by atoms with van der Waals surface area (Å²) in [4.78, 5) is 38.3. The van der Waals surface area contributed by atoms with Crippen molar-refractivity contribution in [3.05, 3.63) is 65.7 Å². The van der Waals surface area contributed by atoms with Gasteiger partial charge in [0.25, 0.3) is 0 Å². The maximum atomic E-state index is 12.5. The quantitative estimate of drug-likeness (QED) is 0.743. The number of carbonyl (C=O) groups is 3. The third-order valence-corrected chi connectivity index (χ3v) is 5.03. The molecule has 0 saturated carbocycles. The summed E-state index contributed by atoms with van der Waals surface area (Å²) in [5.41, 5.74) is 2.68. The van der Waals surface area contributed by atoms with Crippen LogP contribution in [0.15, 0.2) is 54.6 Å². The number of benzene rings is 2. The molecule has 158 valence electrons. The van der Waals surface area contributed by atoms with E-state index in [0.29, 0.717) is 31.3 Å². The zero-order valence-electron chi connectivity index (χ0n) is 17.3. The second-order valence-electron chi connectivity index (χ2n) is 7.52. The fraction of sp³-hybridized carbons (Fsp3) is 0.348. The van der Waals surface area contributed by atoms with Gasteiger partial charge >= 0.3 is 11.8 Å². The maximum Gasteiger partial charge on any atom is 0.313 e. The van der Waals surface area contributed by atoms with Crippen molar-refractivity contribution in [2.75, 3.05) is 31.6 Å². The van der Waals surface area contributed by atoms with Crippen molar-refractivity contribution in [2.45, 2.75) is 25.9 Å². The fourth-order valence-electron chi connectivity index (χ4n) is 3.23. The summed E-state index contributed by atoms with van der Waals surface area (Å²) in [6.45, 7) is 5.20. The number of carbonyl (C=O) groups excluding carboxylic acids is 3. The molecule has 0 aliphatic carbocycles. The van der Waals surface area contributed by atoms with Gasteiger partial charge in [-0.25, -0.2) is 0 Å². The van der Waals surface area contributed by atoms with Gasteiger partial charge in [-0.3, -0.25) is 14.4 Å². The number of nitrogens with one attached hydrogen (secondary N) is 2. The number of hydrogen-bond donors (Lipinski definition) is 2.